The molecule has 3 nitrogen and oxygen atoms in total. The Balaban J connectivity index is 2.51. The summed E-state index contributed by atoms with van der Waals surface area (Å²) in [4.78, 5) is 4.11. The van der Waals surface area contributed by atoms with Crippen molar-refractivity contribution in [3.63, 3.8) is 0 Å². The molecule has 1 heterocycles. The van der Waals surface area contributed by atoms with E-state index in [0.717, 1.165) is 23.2 Å². The van der Waals surface area contributed by atoms with E-state index in [0.29, 0.717) is 5.69 Å². The van der Waals surface area contributed by atoms with Crippen LogP contribution >= 0.6 is 0 Å². The minimum atomic E-state index is -0.244. The Morgan fingerprint density at radius 2 is 2.11 bits per heavy atom. The second-order valence-corrected chi connectivity index (χ2v) is 4.50. The maximum Gasteiger partial charge on any atom is 0.123 e. The fourth-order valence-corrected chi connectivity index (χ4v) is 2.17. The number of halogens is 1. The number of aryl methyl sites for hydroxylation is 1. The van der Waals surface area contributed by atoms with Gasteiger partial charge < -0.3 is 11.1 Å². The van der Waals surface area contributed by atoms with Gasteiger partial charge in [0.1, 0.15) is 5.82 Å². The van der Waals surface area contributed by atoms with E-state index >= 15 is 0 Å². The van der Waals surface area contributed by atoms with E-state index in [1.165, 1.54) is 6.07 Å². The lowest BCUT2D eigenvalue weighted by Gasteiger charge is -2.22. The van der Waals surface area contributed by atoms with Crippen molar-refractivity contribution in [3.05, 3.63) is 59.2 Å². The van der Waals surface area contributed by atoms with Crippen molar-refractivity contribution in [2.75, 3.05) is 12.3 Å². The average Bonchev–Trinajstić information content (AvgIpc) is 2.40. The number of anilines is 1. The van der Waals surface area contributed by atoms with Crippen LogP contribution in [0.5, 0.6) is 0 Å². The van der Waals surface area contributed by atoms with E-state index < -0.39 is 0 Å². The minimum Gasteiger partial charge on any atom is -0.398 e. The number of hydrogen-bond donors (Lipinski definition) is 2. The summed E-state index contributed by atoms with van der Waals surface area (Å²) in [6, 6.07) is 6.41. The molecule has 1 unspecified atom stereocenters. The Morgan fingerprint density at radius 3 is 2.79 bits per heavy atom. The molecule has 0 saturated heterocycles. The second-order valence-electron chi connectivity index (χ2n) is 4.50. The number of pyridine rings is 1. The van der Waals surface area contributed by atoms with Gasteiger partial charge in [-0.3, -0.25) is 4.98 Å². The van der Waals surface area contributed by atoms with E-state index in [-0.39, 0.29) is 11.9 Å². The predicted octanol–water partition coefficient (Wildman–Crippen LogP) is 2.81. The van der Waals surface area contributed by atoms with Crippen LogP contribution < -0.4 is 11.1 Å². The molecule has 100 valence electrons. The maximum atomic E-state index is 13.5. The van der Waals surface area contributed by atoms with Gasteiger partial charge in [0.15, 0.2) is 0 Å². The van der Waals surface area contributed by atoms with Gasteiger partial charge in [0, 0.05) is 23.6 Å². The van der Waals surface area contributed by atoms with Crippen molar-refractivity contribution in [3.8, 4) is 0 Å². The van der Waals surface area contributed by atoms with Crippen LogP contribution in [0.4, 0.5) is 10.1 Å². The summed E-state index contributed by atoms with van der Waals surface area (Å²) >= 11 is 0. The van der Waals surface area contributed by atoms with Gasteiger partial charge in [-0.1, -0.05) is 13.0 Å². The van der Waals surface area contributed by atoms with Crippen LogP contribution in [0.25, 0.3) is 0 Å². The van der Waals surface area contributed by atoms with Gasteiger partial charge >= 0.3 is 0 Å². The number of rotatable bonds is 4. The Morgan fingerprint density at radius 1 is 1.32 bits per heavy atom. The first-order valence-corrected chi connectivity index (χ1v) is 6.32. The summed E-state index contributed by atoms with van der Waals surface area (Å²) in [6.07, 6.45) is 3.38. The molecule has 1 aromatic heterocycles. The predicted molar refractivity (Wildman–Crippen MR) is 75.3 cm³/mol. The second kappa shape index (κ2) is 5.80. The highest BCUT2D eigenvalue weighted by Crippen LogP contribution is 2.28. The highest BCUT2D eigenvalue weighted by molar-refractivity contribution is 5.50. The summed E-state index contributed by atoms with van der Waals surface area (Å²) in [5, 5.41) is 3.34. The molecular formula is C15H18FN3. The first-order chi connectivity index (χ1) is 9.13. The molecule has 1 aromatic carbocycles. The largest absolute Gasteiger partial charge is 0.398 e. The Hall–Kier alpha value is -1.94. The molecule has 2 rings (SSSR count). The van der Waals surface area contributed by atoms with Crippen molar-refractivity contribution in [1.82, 2.24) is 10.3 Å². The number of nitrogens with zero attached hydrogens (tertiary/aromatic N) is 1. The standard InChI is InChI=1S/C15H18FN3/c1-3-19-15(13-9-18-7-6-14(13)17)12-8-11(16)5-4-10(12)2/h4-9,15,19H,3H2,1-2H3,(H2,17,18). The topological polar surface area (TPSA) is 50.9 Å². The quantitative estimate of drug-likeness (QED) is 0.887. The SMILES string of the molecule is CCNC(c1cc(F)ccc1C)c1cnccc1N. The molecule has 0 aliphatic rings. The van der Waals surface area contributed by atoms with Gasteiger partial charge in [-0.25, -0.2) is 4.39 Å². The molecule has 0 radical (unpaired) electrons. The number of aromatic nitrogens is 1. The summed E-state index contributed by atoms with van der Waals surface area (Å²) < 4.78 is 13.5. The van der Waals surface area contributed by atoms with Crippen LogP contribution in [0, 0.1) is 12.7 Å². The zero-order chi connectivity index (χ0) is 13.8. The Bertz CT molecular complexity index is 569. The van der Waals surface area contributed by atoms with Crippen LogP contribution in [-0.4, -0.2) is 11.5 Å². The minimum absolute atomic E-state index is 0.144. The van der Waals surface area contributed by atoms with Crippen molar-refractivity contribution in [2.45, 2.75) is 19.9 Å². The number of nitrogens with one attached hydrogen (secondary N) is 1. The summed E-state index contributed by atoms with van der Waals surface area (Å²) in [5.74, 6) is -0.244. The van der Waals surface area contributed by atoms with E-state index in [4.69, 9.17) is 5.73 Å². The molecule has 0 spiro atoms. The lowest BCUT2D eigenvalue weighted by Crippen LogP contribution is -2.24. The molecule has 4 heteroatoms. The molecular weight excluding hydrogens is 241 g/mol. The van der Waals surface area contributed by atoms with Gasteiger partial charge in [0.05, 0.1) is 6.04 Å². The smallest absolute Gasteiger partial charge is 0.123 e. The third-order valence-electron chi connectivity index (χ3n) is 3.16. The molecule has 0 aliphatic carbocycles. The van der Waals surface area contributed by atoms with Crippen LogP contribution in [0.1, 0.15) is 29.7 Å². The molecule has 0 amide bonds. The van der Waals surface area contributed by atoms with Gasteiger partial charge in [-0.05, 0) is 42.8 Å². The van der Waals surface area contributed by atoms with Crippen LogP contribution in [0.15, 0.2) is 36.7 Å². The van der Waals surface area contributed by atoms with E-state index in [2.05, 4.69) is 10.3 Å². The number of hydrogen-bond acceptors (Lipinski definition) is 3. The molecule has 2 aromatic rings. The first-order valence-electron chi connectivity index (χ1n) is 6.32. The maximum absolute atomic E-state index is 13.5. The van der Waals surface area contributed by atoms with Crippen LogP contribution in [-0.2, 0) is 0 Å². The number of nitrogens with two attached hydrogens (primary N) is 1. The fraction of sp³-hybridized carbons (Fsp3) is 0.267. The van der Waals surface area contributed by atoms with E-state index in [9.17, 15) is 4.39 Å². The number of nitrogen functional groups attached to an aromatic ring is 1. The normalized spacial score (nSPS) is 12.4. The van der Waals surface area contributed by atoms with Gasteiger partial charge in [0.2, 0.25) is 0 Å². The third kappa shape index (κ3) is 2.90. The molecule has 0 aliphatic heterocycles. The summed E-state index contributed by atoms with van der Waals surface area (Å²) in [5.41, 5.74) is 9.45. The molecule has 3 N–H and O–H groups in total. The van der Waals surface area contributed by atoms with Crippen LogP contribution in [0.3, 0.4) is 0 Å². The summed E-state index contributed by atoms with van der Waals surface area (Å²) in [6.45, 7) is 4.73. The average molecular weight is 259 g/mol. The highest BCUT2D eigenvalue weighted by Gasteiger charge is 2.18. The summed E-state index contributed by atoms with van der Waals surface area (Å²) in [7, 11) is 0. The Kier molecular flexibility index (Phi) is 4.12. The lowest BCUT2D eigenvalue weighted by atomic mass is 9.95. The highest BCUT2D eigenvalue weighted by atomic mass is 19.1. The first kappa shape index (κ1) is 13.5. The van der Waals surface area contributed by atoms with Crippen LogP contribution in [0.2, 0.25) is 0 Å². The molecule has 0 fully saturated rings. The van der Waals surface area contributed by atoms with Gasteiger partial charge in [-0.2, -0.15) is 0 Å². The van der Waals surface area contributed by atoms with Crippen molar-refractivity contribution >= 4 is 5.69 Å². The molecule has 0 bridgehead atoms. The van der Waals surface area contributed by atoms with E-state index in [1.54, 1.807) is 30.6 Å². The lowest BCUT2D eigenvalue weighted by molar-refractivity contribution is 0.600. The molecule has 19 heavy (non-hydrogen) atoms. The third-order valence-corrected chi connectivity index (χ3v) is 3.16. The van der Waals surface area contributed by atoms with Crippen molar-refractivity contribution in [2.24, 2.45) is 0 Å². The Labute approximate surface area is 112 Å². The van der Waals surface area contributed by atoms with Gasteiger partial charge in [-0.15, -0.1) is 0 Å². The monoisotopic (exact) mass is 259 g/mol. The van der Waals surface area contributed by atoms with Crippen molar-refractivity contribution < 1.29 is 4.39 Å². The fourth-order valence-electron chi connectivity index (χ4n) is 2.17. The molecule has 0 saturated carbocycles. The number of benzene rings is 1. The zero-order valence-electron chi connectivity index (χ0n) is 11.2. The van der Waals surface area contributed by atoms with Gasteiger partial charge in [0.25, 0.3) is 0 Å². The molecule has 1 atom stereocenters. The van der Waals surface area contributed by atoms with Crippen molar-refractivity contribution in [1.29, 1.82) is 0 Å². The van der Waals surface area contributed by atoms with E-state index in [1.807, 2.05) is 13.8 Å². The zero-order valence-corrected chi connectivity index (χ0v) is 11.2.